The second kappa shape index (κ2) is 6.33. The summed E-state index contributed by atoms with van der Waals surface area (Å²) in [5.74, 6) is 2.19. The molecule has 0 amide bonds. The highest BCUT2D eigenvalue weighted by Gasteiger charge is 2.16. The Bertz CT molecular complexity index is 592. The fraction of sp³-hybridized carbons (Fsp3) is 0.500. The van der Waals surface area contributed by atoms with E-state index in [1.54, 1.807) is 0 Å². The van der Waals surface area contributed by atoms with Crippen molar-refractivity contribution in [1.82, 2.24) is 9.55 Å². The zero-order valence-corrected chi connectivity index (χ0v) is 13.1. The molecule has 0 bridgehead atoms. The van der Waals surface area contributed by atoms with Crippen molar-refractivity contribution in [2.75, 3.05) is 6.61 Å². The summed E-state index contributed by atoms with van der Waals surface area (Å²) in [6.07, 6.45) is 8.04. The number of aromatic nitrogens is 2. The van der Waals surface area contributed by atoms with Gasteiger partial charge in [0.2, 0.25) is 0 Å². The van der Waals surface area contributed by atoms with E-state index in [4.69, 9.17) is 9.72 Å². The minimum absolute atomic E-state index is 0.778. The van der Waals surface area contributed by atoms with Crippen LogP contribution in [0.2, 0.25) is 0 Å². The van der Waals surface area contributed by atoms with Crippen molar-refractivity contribution < 1.29 is 4.74 Å². The minimum atomic E-state index is 0.778. The van der Waals surface area contributed by atoms with Gasteiger partial charge in [-0.05, 0) is 43.9 Å². The lowest BCUT2D eigenvalue weighted by Gasteiger charge is -2.11. The Hall–Kier alpha value is -1.77. The zero-order valence-electron chi connectivity index (χ0n) is 13.1. The van der Waals surface area contributed by atoms with Gasteiger partial charge in [-0.1, -0.05) is 19.4 Å². The SMILES string of the molecule is CCCCOc1cc(C)ccc1-c1cn2c(n1)CCCC2. The molecular formula is C18H24N2O. The molecule has 0 unspecified atom stereocenters. The third-order valence-corrected chi connectivity index (χ3v) is 4.08. The molecule has 1 aromatic heterocycles. The van der Waals surface area contributed by atoms with Gasteiger partial charge in [-0.25, -0.2) is 4.98 Å². The fourth-order valence-electron chi connectivity index (χ4n) is 2.83. The Labute approximate surface area is 127 Å². The van der Waals surface area contributed by atoms with Crippen LogP contribution in [-0.2, 0) is 13.0 Å². The number of unbranched alkanes of at least 4 members (excludes halogenated alkanes) is 1. The van der Waals surface area contributed by atoms with Crippen LogP contribution in [0.1, 0.15) is 44.0 Å². The van der Waals surface area contributed by atoms with Crippen LogP contribution in [-0.4, -0.2) is 16.2 Å². The Kier molecular flexibility index (Phi) is 4.28. The standard InChI is InChI=1S/C18H24N2O/c1-3-4-11-21-17-12-14(2)8-9-15(17)16-13-20-10-6-5-7-18(20)19-16/h8-9,12-13H,3-7,10-11H2,1-2H3. The molecule has 0 fully saturated rings. The monoisotopic (exact) mass is 284 g/mol. The number of hydrogen-bond acceptors (Lipinski definition) is 2. The first-order chi connectivity index (χ1) is 10.3. The van der Waals surface area contributed by atoms with Crippen molar-refractivity contribution >= 4 is 0 Å². The number of hydrogen-bond donors (Lipinski definition) is 0. The van der Waals surface area contributed by atoms with Gasteiger partial charge in [0.1, 0.15) is 11.6 Å². The number of imidazole rings is 1. The first kappa shape index (κ1) is 14.2. The van der Waals surface area contributed by atoms with Gasteiger partial charge in [0.05, 0.1) is 12.3 Å². The predicted molar refractivity (Wildman–Crippen MR) is 85.7 cm³/mol. The van der Waals surface area contributed by atoms with E-state index in [0.717, 1.165) is 49.4 Å². The largest absolute Gasteiger partial charge is 0.493 e. The summed E-state index contributed by atoms with van der Waals surface area (Å²) in [5, 5.41) is 0. The van der Waals surface area contributed by atoms with E-state index < -0.39 is 0 Å². The first-order valence-corrected chi connectivity index (χ1v) is 8.08. The summed E-state index contributed by atoms with van der Waals surface area (Å²) in [4.78, 5) is 4.82. The molecule has 0 N–H and O–H groups in total. The molecule has 112 valence electrons. The molecule has 1 aliphatic heterocycles. The molecule has 2 aromatic rings. The Morgan fingerprint density at radius 3 is 3.00 bits per heavy atom. The molecule has 0 radical (unpaired) electrons. The van der Waals surface area contributed by atoms with Gasteiger partial charge < -0.3 is 9.30 Å². The van der Waals surface area contributed by atoms with Crippen molar-refractivity contribution in [1.29, 1.82) is 0 Å². The van der Waals surface area contributed by atoms with Crippen LogP contribution in [0.25, 0.3) is 11.3 Å². The molecule has 0 atom stereocenters. The Morgan fingerprint density at radius 1 is 1.29 bits per heavy atom. The zero-order chi connectivity index (χ0) is 14.7. The van der Waals surface area contributed by atoms with Gasteiger partial charge >= 0.3 is 0 Å². The van der Waals surface area contributed by atoms with E-state index in [2.05, 4.69) is 42.8 Å². The molecule has 0 saturated carbocycles. The number of aryl methyl sites for hydroxylation is 3. The number of ether oxygens (including phenoxy) is 1. The van der Waals surface area contributed by atoms with E-state index in [0.29, 0.717) is 0 Å². The number of fused-ring (bicyclic) bond motifs is 1. The number of benzene rings is 1. The van der Waals surface area contributed by atoms with Gasteiger partial charge in [-0.3, -0.25) is 0 Å². The van der Waals surface area contributed by atoms with Crippen LogP contribution in [0.4, 0.5) is 0 Å². The normalized spacial score (nSPS) is 14.0. The molecule has 3 rings (SSSR count). The summed E-state index contributed by atoms with van der Waals surface area (Å²) in [7, 11) is 0. The first-order valence-electron chi connectivity index (χ1n) is 8.08. The van der Waals surface area contributed by atoms with E-state index in [1.165, 1.54) is 24.2 Å². The molecule has 21 heavy (non-hydrogen) atoms. The highest BCUT2D eigenvalue weighted by atomic mass is 16.5. The van der Waals surface area contributed by atoms with Crippen molar-refractivity contribution in [3.63, 3.8) is 0 Å². The smallest absolute Gasteiger partial charge is 0.129 e. The molecule has 0 aliphatic carbocycles. The maximum absolute atomic E-state index is 6.00. The second-order valence-corrected chi connectivity index (χ2v) is 5.89. The molecule has 2 heterocycles. The minimum Gasteiger partial charge on any atom is -0.493 e. The Morgan fingerprint density at radius 2 is 2.19 bits per heavy atom. The molecule has 0 spiro atoms. The molecule has 1 aromatic carbocycles. The van der Waals surface area contributed by atoms with Gasteiger partial charge in [0, 0.05) is 24.7 Å². The average Bonchev–Trinajstić information content (AvgIpc) is 2.91. The topological polar surface area (TPSA) is 27.1 Å². The second-order valence-electron chi connectivity index (χ2n) is 5.89. The number of nitrogens with zero attached hydrogens (tertiary/aromatic N) is 2. The number of rotatable bonds is 5. The average molecular weight is 284 g/mol. The summed E-state index contributed by atoms with van der Waals surface area (Å²) in [5.41, 5.74) is 3.41. The van der Waals surface area contributed by atoms with Gasteiger partial charge in [-0.2, -0.15) is 0 Å². The highest BCUT2D eigenvalue weighted by Crippen LogP contribution is 2.31. The van der Waals surface area contributed by atoms with Crippen molar-refractivity contribution in [3.8, 4) is 17.0 Å². The summed E-state index contributed by atoms with van der Waals surface area (Å²) in [6, 6.07) is 6.41. The van der Waals surface area contributed by atoms with Crippen LogP contribution < -0.4 is 4.74 Å². The summed E-state index contributed by atoms with van der Waals surface area (Å²) in [6.45, 7) is 6.17. The lowest BCUT2D eigenvalue weighted by molar-refractivity contribution is 0.310. The predicted octanol–water partition coefficient (Wildman–Crippen LogP) is 4.37. The van der Waals surface area contributed by atoms with Crippen LogP contribution in [0, 0.1) is 6.92 Å². The summed E-state index contributed by atoms with van der Waals surface area (Å²) >= 11 is 0. The fourth-order valence-corrected chi connectivity index (χ4v) is 2.83. The van der Waals surface area contributed by atoms with Gasteiger partial charge in [0.15, 0.2) is 0 Å². The summed E-state index contributed by atoms with van der Waals surface area (Å²) < 4.78 is 8.30. The van der Waals surface area contributed by atoms with E-state index in [1.807, 2.05) is 0 Å². The quantitative estimate of drug-likeness (QED) is 0.762. The van der Waals surface area contributed by atoms with Crippen LogP contribution in [0.5, 0.6) is 5.75 Å². The van der Waals surface area contributed by atoms with Crippen molar-refractivity contribution in [2.24, 2.45) is 0 Å². The van der Waals surface area contributed by atoms with E-state index in [-0.39, 0.29) is 0 Å². The van der Waals surface area contributed by atoms with Crippen LogP contribution >= 0.6 is 0 Å². The molecule has 3 nitrogen and oxygen atoms in total. The molecule has 3 heteroatoms. The van der Waals surface area contributed by atoms with E-state index in [9.17, 15) is 0 Å². The maximum Gasteiger partial charge on any atom is 0.129 e. The van der Waals surface area contributed by atoms with Crippen molar-refractivity contribution in [3.05, 3.63) is 35.8 Å². The third kappa shape index (κ3) is 3.12. The molecular weight excluding hydrogens is 260 g/mol. The Balaban J connectivity index is 1.91. The van der Waals surface area contributed by atoms with Crippen LogP contribution in [0.15, 0.2) is 24.4 Å². The van der Waals surface area contributed by atoms with Gasteiger partial charge in [-0.15, -0.1) is 0 Å². The van der Waals surface area contributed by atoms with Crippen LogP contribution in [0.3, 0.4) is 0 Å². The lowest BCUT2D eigenvalue weighted by atomic mass is 10.1. The molecule has 1 aliphatic rings. The van der Waals surface area contributed by atoms with Gasteiger partial charge in [0.25, 0.3) is 0 Å². The lowest BCUT2D eigenvalue weighted by Crippen LogP contribution is -2.08. The maximum atomic E-state index is 6.00. The van der Waals surface area contributed by atoms with E-state index >= 15 is 0 Å². The highest BCUT2D eigenvalue weighted by molar-refractivity contribution is 5.67. The molecule has 0 saturated heterocycles. The van der Waals surface area contributed by atoms with Crippen molar-refractivity contribution in [2.45, 2.75) is 52.5 Å². The third-order valence-electron chi connectivity index (χ3n) is 4.08.